The van der Waals surface area contributed by atoms with Crippen molar-refractivity contribution in [2.75, 3.05) is 11.9 Å². The molecule has 0 unspecified atom stereocenters. The summed E-state index contributed by atoms with van der Waals surface area (Å²) < 4.78 is 9.67. The lowest BCUT2D eigenvalue weighted by Crippen LogP contribution is -2.20. The van der Waals surface area contributed by atoms with E-state index in [2.05, 4.69) is 10.6 Å². The zero-order valence-electron chi connectivity index (χ0n) is 17.3. The maximum Gasteiger partial charge on any atom is 0.513 e. The fourth-order valence-electron chi connectivity index (χ4n) is 2.41. The van der Waals surface area contributed by atoms with Crippen LogP contribution >= 0.6 is 0 Å². The number of benzene rings is 2. The second-order valence-electron chi connectivity index (χ2n) is 6.78. The van der Waals surface area contributed by atoms with Crippen LogP contribution in [-0.4, -0.2) is 24.6 Å². The molecule has 2 aromatic carbocycles. The van der Waals surface area contributed by atoms with Crippen molar-refractivity contribution in [3.05, 3.63) is 71.8 Å². The van der Waals surface area contributed by atoms with E-state index in [-0.39, 0.29) is 24.2 Å². The third kappa shape index (κ3) is 7.79. The summed E-state index contributed by atoms with van der Waals surface area (Å²) in [5.41, 5.74) is 1.87. The molecule has 0 bridgehead atoms. The second kappa shape index (κ2) is 11.4. The van der Waals surface area contributed by atoms with Crippen molar-refractivity contribution >= 4 is 23.7 Å². The molecule has 0 radical (unpaired) electrons. The molecule has 0 aliphatic heterocycles. The van der Waals surface area contributed by atoms with E-state index in [0.29, 0.717) is 23.7 Å². The zero-order valence-corrected chi connectivity index (χ0v) is 17.3. The second-order valence-corrected chi connectivity index (χ2v) is 6.78. The Hall–Kier alpha value is -3.61. The van der Waals surface area contributed by atoms with Crippen molar-refractivity contribution in [1.82, 2.24) is 5.32 Å². The molecule has 2 N–H and O–H groups in total. The fraction of sp³-hybridized carbons (Fsp3) is 0.261. The molecule has 30 heavy (non-hydrogen) atoms. The average Bonchev–Trinajstić information content (AvgIpc) is 2.71. The molecule has 0 aromatic heterocycles. The summed E-state index contributed by atoms with van der Waals surface area (Å²) in [5, 5.41) is 5.62. The molecule has 2 rings (SSSR count). The summed E-state index contributed by atoms with van der Waals surface area (Å²) in [6, 6.07) is 13.4. The van der Waals surface area contributed by atoms with Gasteiger partial charge in [-0.25, -0.2) is 4.79 Å². The minimum absolute atomic E-state index is 0.164. The summed E-state index contributed by atoms with van der Waals surface area (Å²) in [6.07, 6.45) is 2.55. The maximum absolute atomic E-state index is 12.5. The average molecular weight is 410 g/mol. The molecular weight excluding hydrogens is 384 g/mol. The van der Waals surface area contributed by atoms with Crippen LogP contribution in [0.3, 0.4) is 0 Å². The Bertz CT molecular complexity index is 904. The first-order chi connectivity index (χ1) is 14.4. The highest BCUT2D eigenvalue weighted by Crippen LogP contribution is 2.16. The Labute approximate surface area is 176 Å². The Balaban J connectivity index is 1.93. The monoisotopic (exact) mass is 410 g/mol. The fourth-order valence-corrected chi connectivity index (χ4v) is 2.41. The lowest BCUT2D eigenvalue weighted by molar-refractivity contribution is -0.116. The first-order valence-electron chi connectivity index (χ1n) is 9.68. The van der Waals surface area contributed by atoms with Gasteiger partial charge in [0, 0.05) is 17.8 Å². The molecule has 0 aliphatic rings. The van der Waals surface area contributed by atoms with Crippen LogP contribution in [-0.2, 0) is 16.1 Å². The third-order valence-electron chi connectivity index (χ3n) is 3.86. The van der Waals surface area contributed by atoms with E-state index < -0.39 is 6.16 Å². The SMILES string of the molecule is CCOC(=O)Oc1ccc(C(=O)Nc2cccc(CNC(=O)/C=C/C(C)C)c2)cc1. The van der Waals surface area contributed by atoms with Crippen molar-refractivity contribution in [2.45, 2.75) is 27.3 Å². The molecule has 0 aliphatic carbocycles. The van der Waals surface area contributed by atoms with Crippen LogP contribution < -0.4 is 15.4 Å². The van der Waals surface area contributed by atoms with Gasteiger partial charge in [-0.2, -0.15) is 0 Å². The molecule has 0 fully saturated rings. The van der Waals surface area contributed by atoms with E-state index >= 15 is 0 Å². The summed E-state index contributed by atoms with van der Waals surface area (Å²) in [4.78, 5) is 35.6. The number of carbonyl (C=O) groups is 3. The summed E-state index contributed by atoms with van der Waals surface area (Å²) >= 11 is 0. The topological polar surface area (TPSA) is 93.7 Å². The molecule has 158 valence electrons. The molecule has 7 nitrogen and oxygen atoms in total. The number of amides is 2. The third-order valence-corrected chi connectivity index (χ3v) is 3.86. The van der Waals surface area contributed by atoms with Crippen LogP contribution in [0.5, 0.6) is 5.75 Å². The molecule has 0 saturated carbocycles. The Morgan fingerprint density at radius 2 is 1.80 bits per heavy atom. The van der Waals surface area contributed by atoms with Crippen molar-refractivity contribution in [3.63, 3.8) is 0 Å². The van der Waals surface area contributed by atoms with E-state index in [4.69, 9.17) is 9.47 Å². The number of hydrogen-bond acceptors (Lipinski definition) is 5. The van der Waals surface area contributed by atoms with Gasteiger partial charge in [0.05, 0.1) is 6.61 Å². The number of hydrogen-bond donors (Lipinski definition) is 2. The quantitative estimate of drug-likeness (QED) is 0.384. The number of anilines is 1. The highest BCUT2D eigenvalue weighted by atomic mass is 16.7. The van der Waals surface area contributed by atoms with Crippen molar-refractivity contribution in [2.24, 2.45) is 5.92 Å². The van der Waals surface area contributed by atoms with E-state index in [1.807, 2.05) is 26.0 Å². The predicted molar refractivity (Wildman–Crippen MR) is 114 cm³/mol. The maximum atomic E-state index is 12.5. The normalized spacial score (nSPS) is 10.7. The van der Waals surface area contributed by atoms with Crippen LogP contribution in [0.4, 0.5) is 10.5 Å². The molecule has 2 amide bonds. The van der Waals surface area contributed by atoms with E-state index in [9.17, 15) is 14.4 Å². The lowest BCUT2D eigenvalue weighted by atomic mass is 10.1. The minimum atomic E-state index is -0.793. The Kier molecular flexibility index (Phi) is 8.62. The number of ether oxygens (including phenoxy) is 2. The number of rotatable bonds is 8. The smallest absolute Gasteiger partial charge is 0.434 e. The molecule has 0 heterocycles. The molecule has 0 saturated heterocycles. The van der Waals surface area contributed by atoms with Gasteiger partial charge in [-0.1, -0.05) is 32.1 Å². The van der Waals surface area contributed by atoms with Crippen LogP contribution in [0.1, 0.15) is 36.7 Å². The number of nitrogens with one attached hydrogen (secondary N) is 2. The van der Waals surface area contributed by atoms with Crippen molar-refractivity contribution < 1.29 is 23.9 Å². The van der Waals surface area contributed by atoms with Gasteiger partial charge < -0.3 is 20.1 Å². The summed E-state index contributed by atoms with van der Waals surface area (Å²) in [7, 11) is 0. The zero-order chi connectivity index (χ0) is 21.9. The van der Waals surface area contributed by atoms with Gasteiger partial charge in [-0.3, -0.25) is 9.59 Å². The van der Waals surface area contributed by atoms with Gasteiger partial charge in [0.2, 0.25) is 5.91 Å². The standard InChI is InChI=1S/C23H26N2O5/c1-4-29-23(28)30-20-11-9-18(10-12-20)22(27)25-19-7-5-6-17(14-19)15-24-21(26)13-8-16(2)3/h5-14,16H,4,15H2,1-3H3,(H,24,26)(H,25,27)/b13-8+. The Morgan fingerprint density at radius 1 is 1.07 bits per heavy atom. The first kappa shape index (κ1) is 22.7. The van der Waals surface area contributed by atoms with Crippen LogP contribution in [0.15, 0.2) is 60.7 Å². The highest BCUT2D eigenvalue weighted by Gasteiger charge is 2.09. The molecule has 2 aromatic rings. The predicted octanol–water partition coefficient (Wildman–Crippen LogP) is 4.30. The van der Waals surface area contributed by atoms with Crippen molar-refractivity contribution in [3.8, 4) is 5.75 Å². The molecule has 7 heteroatoms. The summed E-state index contributed by atoms with van der Waals surface area (Å²) in [5.74, 6) is 0.122. The van der Waals surface area contributed by atoms with E-state index in [1.165, 1.54) is 18.2 Å². The largest absolute Gasteiger partial charge is 0.513 e. The van der Waals surface area contributed by atoms with Crippen LogP contribution in [0.25, 0.3) is 0 Å². The van der Waals surface area contributed by atoms with E-state index in [0.717, 1.165) is 5.56 Å². The van der Waals surface area contributed by atoms with E-state index in [1.54, 1.807) is 37.3 Å². The highest BCUT2D eigenvalue weighted by molar-refractivity contribution is 6.04. The molecule has 0 atom stereocenters. The molecular formula is C23H26N2O5. The van der Waals surface area contributed by atoms with Gasteiger partial charge in [0.15, 0.2) is 0 Å². The van der Waals surface area contributed by atoms with Crippen LogP contribution in [0, 0.1) is 5.92 Å². The minimum Gasteiger partial charge on any atom is -0.434 e. The lowest BCUT2D eigenvalue weighted by Gasteiger charge is -2.09. The number of carbonyl (C=O) groups excluding carboxylic acids is 3. The van der Waals surface area contributed by atoms with Gasteiger partial charge in [0.25, 0.3) is 5.91 Å². The Morgan fingerprint density at radius 3 is 2.47 bits per heavy atom. The van der Waals surface area contributed by atoms with Gasteiger partial charge in [-0.15, -0.1) is 0 Å². The van der Waals surface area contributed by atoms with Gasteiger partial charge in [-0.05, 0) is 60.9 Å². The first-order valence-corrected chi connectivity index (χ1v) is 9.68. The van der Waals surface area contributed by atoms with Gasteiger partial charge in [0.1, 0.15) is 5.75 Å². The van der Waals surface area contributed by atoms with Crippen LogP contribution in [0.2, 0.25) is 0 Å². The number of allylic oxidation sites excluding steroid dienone is 1. The molecule has 0 spiro atoms. The van der Waals surface area contributed by atoms with Crippen molar-refractivity contribution in [1.29, 1.82) is 0 Å². The van der Waals surface area contributed by atoms with Gasteiger partial charge >= 0.3 is 6.16 Å². The summed E-state index contributed by atoms with van der Waals surface area (Å²) in [6.45, 7) is 6.25.